The van der Waals surface area contributed by atoms with E-state index in [4.69, 9.17) is 0 Å². The summed E-state index contributed by atoms with van der Waals surface area (Å²) >= 11 is 1.47. The summed E-state index contributed by atoms with van der Waals surface area (Å²) in [5.74, 6) is 0. The van der Waals surface area contributed by atoms with Gasteiger partial charge in [-0.1, -0.05) is 32.0 Å². The fourth-order valence-corrected chi connectivity index (χ4v) is 1.56. The quantitative estimate of drug-likeness (QED) is 0.668. The van der Waals surface area contributed by atoms with E-state index in [1.54, 1.807) is 18.5 Å². The van der Waals surface area contributed by atoms with Gasteiger partial charge in [-0.15, -0.1) is 0 Å². The minimum Gasteiger partial charge on any atom is -0.329 e. The Hall–Kier alpha value is -1.62. The molecule has 18 heavy (non-hydrogen) atoms. The second-order valence-electron chi connectivity index (χ2n) is 3.58. The maximum absolute atomic E-state index is 11.1. The van der Waals surface area contributed by atoms with E-state index in [9.17, 15) is 4.79 Å². The number of H-pyrrole nitrogens is 1. The van der Waals surface area contributed by atoms with Crippen LogP contribution in [0, 0.1) is 0 Å². The van der Waals surface area contributed by atoms with Crippen molar-refractivity contribution in [1.29, 1.82) is 0 Å². The van der Waals surface area contributed by atoms with Crippen LogP contribution in [0.4, 0.5) is 0 Å². The molecule has 4 nitrogen and oxygen atoms in total. The molecule has 0 saturated carbocycles. The molecule has 0 fully saturated rings. The summed E-state index contributed by atoms with van der Waals surface area (Å²) in [5, 5.41) is 0.702. The standard InChI is InChI=1S/C10H9N3OS.C3H8/c1-15-10-12-5-3-8(13-10)7-2-4-11-9(14)6-7;1-3-2/h2-6H,1H3,(H,11,14);3H2,1-2H3. The molecule has 2 rings (SSSR count). The first-order valence-corrected chi connectivity index (χ1v) is 6.99. The molecule has 0 aliphatic carbocycles. The van der Waals surface area contributed by atoms with Gasteiger partial charge in [0.2, 0.25) is 5.56 Å². The third-order valence-corrected chi connectivity index (χ3v) is 2.45. The van der Waals surface area contributed by atoms with Gasteiger partial charge in [0.25, 0.3) is 0 Å². The number of rotatable bonds is 2. The van der Waals surface area contributed by atoms with Gasteiger partial charge < -0.3 is 4.98 Å². The zero-order valence-electron chi connectivity index (χ0n) is 10.8. The van der Waals surface area contributed by atoms with Crippen LogP contribution in [-0.2, 0) is 0 Å². The van der Waals surface area contributed by atoms with Gasteiger partial charge in [-0.3, -0.25) is 4.79 Å². The van der Waals surface area contributed by atoms with Crippen LogP contribution in [0.15, 0.2) is 40.5 Å². The van der Waals surface area contributed by atoms with E-state index < -0.39 is 0 Å². The molecule has 0 radical (unpaired) electrons. The minimum atomic E-state index is -0.128. The van der Waals surface area contributed by atoms with Crippen molar-refractivity contribution in [2.24, 2.45) is 0 Å². The Labute approximate surface area is 111 Å². The number of aromatic nitrogens is 3. The first-order valence-electron chi connectivity index (χ1n) is 5.77. The van der Waals surface area contributed by atoms with E-state index in [2.05, 4.69) is 28.8 Å². The van der Waals surface area contributed by atoms with Gasteiger partial charge >= 0.3 is 0 Å². The summed E-state index contributed by atoms with van der Waals surface area (Å²) in [4.78, 5) is 22.1. The Morgan fingerprint density at radius 1 is 1.33 bits per heavy atom. The lowest BCUT2D eigenvalue weighted by Gasteiger charge is -2.00. The van der Waals surface area contributed by atoms with Crippen LogP contribution >= 0.6 is 11.8 Å². The van der Waals surface area contributed by atoms with E-state index >= 15 is 0 Å². The second kappa shape index (κ2) is 7.66. The predicted octanol–water partition coefficient (Wildman–Crippen LogP) is 2.97. The molecule has 2 aromatic heterocycles. The summed E-state index contributed by atoms with van der Waals surface area (Å²) in [6.45, 7) is 4.25. The highest BCUT2D eigenvalue weighted by Crippen LogP contribution is 2.16. The van der Waals surface area contributed by atoms with Crippen LogP contribution in [0.5, 0.6) is 0 Å². The molecule has 0 bridgehead atoms. The van der Waals surface area contributed by atoms with Crippen molar-refractivity contribution in [2.45, 2.75) is 25.4 Å². The highest BCUT2D eigenvalue weighted by Gasteiger charge is 2.01. The molecular formula is C13H17N3OS. The van der Waals surface area contributed by atoms with Gasteiger partial charge in [-0.2, -0.15) is 0 Å². The van der Waals surface area contributed by atoms with Gasteiger partial charge in [0.05, 0.1) is 5.69 Å². The number of pyridine rings is 1. The van der Waals surface area contributed by atoms with E-state index in [-0.39, 0.29) is 5.56 Å². The fraction of sp³-hybridized carbons (Fsp3) is 0.308. The van der Waals surface area contributed by atoms with Gasteiger partial charge in [0.1, 0.15) is 0 Å². The molecule has 2 aromatic rings. The average Bonchev–Trinajstić information content (AvgIpc) is 2.40. The zero-order chi connectivity index (χ0) is 13.4. The Morgan fingerprint density at radius 3 is 2.67 bits per heavy atom. The van der Waals surface area contributed by atoms with Crippen LogP contribution < -0.4 is 5.56 Å². The summed E-state index contributed by atoms with van der Waals surface area (Å²) in [6.07, 6.45) is 6.46. The van der Waals surface area contributed by atoms with Gasteiger partial charge in [-0.25, -0.2) is 9.97 Å². The molecule has 0 aliphatic heterocycles. The number of thioether (sulfide) groups is 1. The van der Waals surface area contributed by atoms with Crippen LogP contribution in [0.2, 0.25) is 0 Å². The molecule has 2 heterocycles. The van der Waals surface area contributed by atoms with Crippen LogP contribution in [0.25, 0.3) is 11.3 Å². The molecule has 5 heteroatoms. The lowest BCUT2D eigenvalue weighted by molar-refractivity contribution is 0.975. The molecular weight excluding hydrogens is 246 g/mol. The molecule has 1 N–H and O–H groups in total. The minimum absolute atomic E-state index is 0.128. The summed E-state index contributed by atoms with van der Waals surface area (Å²) in [6, 6.07) is 5.12. The first-order chi connectivity index (χ1) is 8.71. The van der Waals surface area contributed by atoms with E-state index in [1.807, 2.05) is 12.3 Å². The maximum Gasteiger partial charge on any atom is 0.248 e. The predicted molar refractivity (Wildman–Crippen MR) is 75.8 cm³/mol. The molecule has 0 aliphatic rings. The Kier molecular flexibility index (Phi) is 6.14. The lowest BCUT2D eigenvalue weighted by atomic mass is 10.2. The van der Waals surface area contributed by atoms with E-state index in [1.165, 1.54) is 24.2 Å². The highest BCUT2D eigenvalue weighted by atomic mass is 32.2. The van der Waals surface area contributed by atoms with Crippen molar-refractivity contribution < 1.29 is 0 Å². The SMILES string of the molecule is CCC.CSc1nccc(-c2cc[nH]c(=O)c2)n1. The maximum atomic E-state index is 11.1. The molecule has 0 unspecified atom stereocenters. The van der Waals surface area contributed by atoms with Gasteiger partial charge in [0.15, 0.2) is 5.16 Å². The Balaban J connectivity index is 0.000000492. The highest BCUT2D eigenvalue weighted by molar-refractivity contribution is 7.98. The molecule has 96 valence electrons. The topological polar surface area (TPSA) is 58.6 Å². The van der Waals surface area contributed by atoms with Crippen molar-refractivity contribution >= 4 is 11.8 Å². The Bertz CT molecular complexity index is 540. The van der Waals surface area contributed by atoms with Crippen molar-refractivity contribution in [3.63, 3.8) is 0 Å². The smallest absolute Gasteiger partial charge is 0.248 e. The molecule has 0 amide bonds. The van der Waals surface area contributed by atoms with E-state index in [0.29, 0.717) is 5.16 Å². The monoisotopic (exact) mass is 263 g/mol. The molecule has 0 spiro atoms. The van der Waals surface area contributed by atoms with Crippen LogP contribution in [-0.4, -0.2) is 21.2 Å². The van der Waals surface area contributed by atoms with Crippen molar-refractivity contribution in [3.8, 4) is 11.3 Å². The number of aromatic amines is 1. The van der Waals surface area contributed by atoms with Crippen LogP contribution in [0.1, 0.15) is 20.3 Å². The third kappa shape index (κ3) is 4.33. The summed E-state index contributed by atoms with van der Waals surface area (Å²) < 4.78 is 0. The number of hydrogen-bond acceptors (Lipinski definition) is 4. The summed E-state index contributed by atoms with van der Waals surface area (Å²) in [5.41, 5.74) is 1.44. The normalized spacial score (nSPS) is 9.50. The van der Waals surface area contributed by atoms with Crippen molar-refractivity contribution in [3.05, 3.63) is 40.9 Å². The zero-order valence-corrected chi connectivity index (χ0v) is 11.6. The molecule has 0 aromatic carbocycles. The molecule has 0 saturated heterocycles. The van der Waals surface area contributed by atoms with Gasteiger partial charge in [0, 0.05) is 24.0 Å². The lowest BCUT2D eigenvalue weighted by Crippen LogP contribution is -2.02. The third-order valence-electron chi connectivity index (χ3n) is 1.89. The van der Waals surface area contributed by atoms with Crippen molar-refractivity contribution in [2.75, 3.05) is 6.26 Å². The Morgan fingerprint density at radius 2 is 2.06 bits per heavy atom. The van der Waals surface area contributed by atoms with Crippen molar-refractivity contribution in [1.82, 2.24) is 15.0 Å². The average molecular weight is 263 g/mol. The number of nitrogens with one attached hydrogen (secondary N) is 1. The fourth-order valence-electron chi connectivity index (χ4n) is 1.20. The number of nitrogens with zero attached hydrogens (tertiary/aromatic N) is 2. The summed E-state index contributed by atoms with van der Waals surface area (Å²) in [7, 11) is 0. The van der Waals surface area contributed by atoms with Crippen LogP contribution in [0.3, 0.4) is 0 Å². The molecule has 0 atom stereocenters. The largest absolute Gasteiger partial charge is 0.329 e. The van der Waals surface area contributed by atoms with Gasteiger partial charge in [-0.05, 0) is 18.4 Å². The second-order valence-corrected chi connectivity index (χ2v) is 4.35. The number of hydrogen-bond donors (Lipinski definition) is 1. The first kappa shape index (κ1) is 14.4. The van der Waals surface area contributed by atoms with E-state index in [0.717, 1.165) is 11.3 Å².